The number of thiophene rings is 1. The van der Waals surface area contributed by atoms with Gasteiger partial charge in [0.25, 0.3) is 0 Å². The van der Waals surface area contributed by atoms with Gasteiger partial charge in [0.2, 0.25) is 10.0 Å². The number of hydrogen-bond acceptors (Lipinski definition) is 6. The van der Waals surface area contributed by atoms with Crippen molar-refractivity contribution in [3.63, 3.8) is 0 Å². The van der Waals surface area contributed by atoms with Crippen molar-refractivity contribution in [1.82, 2.24) is 14.5 Å². The molecule has 0 spiro atoms. The first-order valence-corrected chi connectivity index (χ1v) is 9.37. The molecule has 0 aromatic carbocycles. The van der Waals surface area contributed by atoms with Crippen LogP contribution in [-0.2, 0) is 16.6 Å². The molecule has 1 saturated heterocycles. The lowest BCUT2D eigenvalue weighted by Crippen LogP contribution is -2.54. The van der Waals surface area contributed by atoms with Crippen molar-refractivity contribution in [2.75, 3.05) is 40.3 Å². The van der Waals surface area contributed by atoms with E-state index in [0.717, 1.165) is 25.2 Å². The van der Waals surface area contributed by atoms with E-state index in [1.165, 1.54) is 11.3 Å². The smallest absolute Gasteiger partial charge is 0.242 e. The summed E-state index contributed by atoms with van der Waals surface area (Å²) in [5.41, 5.74) is 6.41. The maximum absolute atomic E-state index is 12.5. The first-order chi connectivity index (χ1) is 9.85. The second-order valence-corrected chi connectivity index (χ2v) is 8.29. The van der Waals surface area contributed by atoms with Crippen LogP contribution in [0.1, 0.15) is 10.4 Å². The average Bonchev–Trinajstić information content (AvgIpc) is 2.82. The Kier molecular flexibility index (Phi) is 5.39. The topological polar surface area (TPSA) is 78.7 Å². The predicted molar refractivity (Wildman–Crippen MR) is 86.1 cm³/mol. The van der Waals surface area contributed by atoms with E-state index < -0.39 is 10.0 Å². The van der Waals surface area contributed by atoms with Crippen molar-refractivity contribution in [3.8, 4) is 0 Å². The minimum absolute atomic E-state index is 0.193. The highest BCUT2D eigenvalue weighted by molar-refractivity contribution is 7.89. The molecule has 0 radical (unpaired) electrons. The van der Waals surface area contributed by atoms with Gasteiger partial charge in [-0.2, -0.15) is 0 Å². The average molecular weight is 332 g/mol. The largest absolute Gasteiger partial charge is 0.326 e. The maximum atomic E-state index is 12.5. The molecule has 0 saturated carbocycles. The monoisotopic (exact) mass is 332 g/mol. The summed E-state index contributed by atoms with van der Waals surface area (Å²) in [4.78, 5) is 5.50. The van der Waals surface area contributed by atoms with Crippen LogP contribution in [0.5, 0.6) is 0 Å². The Labute approximate surface area is 131 Å². The number of aryl methyl sites for hydroxylation is 1. The number of hydrogen-bond donors (Lipinski definition) is 2. The van der Waals surface area contributed by atoms with Crippen LogP contribution in [0.15, 0.2) is 10.3 Å². The van der Waals surface area contributed by atoms with E-state index in [1.54, 1.807) is 0 Å². The Balaban J connectivity index is 2.09. The van der Waals surface area contributed by atoms with Gasteiger partial charge in [-0.05, 0) is 32.0 Å². The fourth-order valence-electron chi connectivity index (χ4n) is 2.59. The third kappa shape index (κ3) is 3.82. The van der Waals surface area contributed by atoms with Gasteiger partial charge in [0.1, 0.15) is 4.90 Å². The summed E-state index contributed by atoms with van der Waals surface area (Å²) < 4.78 is 27.8. The number of likely N-dealkylation sites (N-methyl/N-ethyl adjacent to an activating group) is 2. The number of nitrogens with two attached hydrogens (primary N) is 1. The van der Waals surface area contributed by atoms with Crippen LogP contribution < -0.4 is 10.5 Å². The molecule has 0 bridgehead atoms. The Morgan fingerprint density at radius 2 is 2.14 bits per heavy atom. The molecule has 0 aliphatic carbocycles. The van der Waals surface area contributed by atoms with Gasteiger partial charge in [0.15, 0.2) is 0 Å². The molecule has 8 heteroatoms. The lowest BCUT2D eigenvalue weighted by Gasteiger charge is -2.37. The van der Waals surface area contributed by atoms with Gasteiger partial charge in [-0.3, -0.25) is 4.90 Å². The van der Waals surface area contributed by atoms with Gasteiger partial charge >= 0.3 is 0 Å². The minimum Gasteiger partial charge on any atom is -0.326 e. The summed E-state index contributed by atoms with van der Waals surface area (Å²) in [6.45, 7) is 5.31. The standard InChI is InChI=1S/C13H24N4O2S2/c1-10-9-20-12(6-14)13(10)21(18,19)15-7-11-8-16(2)4-5-17(11)3/h9,11,15H,4-8,14H2,1-3H3. The Morgan fingerprint density at radius 1 is 1.43 bits per heavy atom. The van der Waals surface area contributed by atoms with Crippen LogP contribution in [0.25, 0.3) is 0 Å². The molecule has 1 aliphatic heterocycles. The molecule has 1 unspecified atom stereocenters. The van der Waals surface area contributed by atoms with E-state index in [1.807, 2.05) is 19.4 Å². The molecular formula is C13H24N4O2S2. The number of nitrogens with one attached hydrogen (secondary N) is 1. The third-order valence-electron chi connectivity index (χ3n) is 3.93. The number of sulfonamides is 1. The van der Waals surface area contributed by atoms with Crippen LogP contribution in [-0.4, -0.2) is 64.5 Å². The zero-order chi connectivity index (χ0) is 15.6. The van der Waals surface area contributed by atoms with Crippen LogP contribution >= 0.6 is 11.3 Å². The van der Waals surface area contributed by atoms with Crippen LogP contribution in [0, 0.1) is 6.92 Å². The Hall–Kier alpha value is -0.510. The zero-order valence-electron chi connectivity index (χ0n) is 12.8. The van der Waals surface area contributed by atoms with Gasteiger partial charge in [0, 0.05) is 43.6 Å². The summed E-state index contributed by atoms with van der Waals surface area (Å²) in [6, 6.07) is 0.193. The van der Waals surface area contributed by atoms with E-state index in [4.69, 9.17) is 5.73 Å². The first-order valence-electron chi connectivity index (χ1n) is 7.00. The van der Waals surface area contributed by atoms with Gasteiger partial charge in [-0.25, -0.2) is 13.1 Å². The van der Waals surface area contributed by atoms with Gasteiger partial charge in [0.05, 0.1) is 0 Å². The maximum Gasteiger partial charge on any atom is 0.242 e. The fraction of sp³-hybridized carbons (Fsp3) is 0.692. The molecule has 2 rings (SSSR count). The zero-order valence-corrected chi connectivity index (χ0v) is 14.4. The summed E-state index contributed by atoms with van der Waals surface area (Å²) >= 11 is 1.40. The summed E-state index contributed by atoms with van der Waals surface area (Å²) in [7, 11) is 0.599. The van der Waals surface area contributed by atoms with Crippen molar-refractivity contribution in [2.45, 2.75) is 24.4 Å². The normalized spacial score (nSPS) is 21.8. The highest BCUT2D eigenvalue weighted by Gasteiger charge is 2.26. The van der Waals surface area contributed by atoms with E-state index >= 15 is 0 Å². The molecule has 1 atom stereocenters. The minimum atomic E-state index is -3.50. The lowest BCUT2D eigenvalue weighted by atomic mass is 10.2. The summed E-state index contributed by atoms with van der Waals surface area (Å²) in [6.07, 6.45) is 0. The molecule has 1 fully saturated rings. The van der Waals surface area contributed by atoms with Crippen LogP contribution in [0.4, 0.5) is 0 Å². The SMILES string of the molecule is Cc1csc(CN)c1S(=O)(=O)NCC1CN(C)CCN1C. The number of nitrogens with zero attached hydrogens (tertiary/aromatic N) is 2. The van der Waals surface area contributed by atoms with E-state index in [2.05, 4.69) is 21.6 Å². The van der Waals surface area contributed by atoms with Gasteiger partial charge in [-0.1, -0.05) is 0 Å². The highest BCUT2D eigenvalue weighted by Crippen LogP contribution is 2.26. The molecule has 1 aliphatic rings. The molecule has 1 aromatic heterocycles. The molecule has 120 valence electrons. The van der Waals surface area contributed by atoms with Gasteiger partial charge in [-0.15, -0.1) is 11.3 Å². The van der Waals surface area contributed by atoms with Crippen molar-refractivity contribution in [3.05, 3.63) is 15.8 Å². The molecule has 1 aromatic rings. The summed E-state index contributed by atoms with van der Waals surface area (Å²) in [5, 5.41) is 1.84. The molecule has 21 heavy (non-hydrogen) atoms. The van der Waals surface area contributed by atoms with Crippen LogP contribution in [0.2, 0.25) is 0 Å². The van der Waals surface area contributed by atoms with Crippen LogP contribution in [0.3, 0.4) is 0 Å². The highest BCUT2D eigenvalue weighted by atomic mass is 32.2. The van der Waals surface area contributed by atoms with Crippen molar-refractivity contribution in [2.24, 2.45) is 5.73 Å². The molecule has 3 N–H and O–H groups in total. The predicted octanol–water partition coefficient (Wildman–Crippen LogP) is 0.0393. The molecule has 0 amide bonds. The third-order valence-corrected chi connectivity index (χ3v) is 6.84. The quantitative estimate of drug-likeness (QED) is 0.796. The van der Waals surface area contributed by atoms with E-state index in [-0.39, 0.29) is 12.6 Å². The molecule has 6 nitrogen and oxygen atoms in total. The molecule has 2 heterocycles. The number of piperazine rings is 1. The van der Waals surface area contributed by atoms with Crippen molar-refractivity contribution >= 4 is 21.4 Å². The van der Waals surface area contributed by atoms with Crippen molar-refractivity contribution < 1.29 is 8.42 Å². The van der Waals surface area contributed by atoms with E-state index in [0.29, 0.717) is 16.3 Å². The number of rotatable bonds is 5. The fourth-order valence-corrected chi connectivity index (χ4v) is 5.36. The summed E-state index contributed by atoms with van der Waals surface area (Å²) in [5.74, 6) is 0. The van der Waals surface area contributed by atoms with Gasteiger partial charge < -0.3 is 10.6 Å². The Morgan fingerprint density at radius 3 is 2.81 bits per heavy atom. The Bertz CT molecular complexity index is 585. The first kappa shape index (κ1) is 16.9. The van der Waals surface area contributed by atoms with Crippen molar-refractivity contribution in [1.29, 1.82) is 0 Å². The molecular weight excluding hydrogens is 308 g/mol. The second kappa shape index (κ2) is 6.72. The van der Waals surface area contributed by atoms with E-state index in [9.17, 15) is 8.42 Å². The second-order valence-electron chi connectivity index (χ2n) is 5.62. The lowest BCUT2D eigenvalue weighted by molar-refractivity contribution is 0.117.